The molecule has 0 heterocycles. The van der Waals surface area contributed by atoms with Gasteiger partial charge in [0.15, 0.2) is 0 Å². The van der Waals surface area contributed by atoms with Crippen molar-refractivity contribution < 1.29 is 10.4 Å². The van der Waals surface area contributed by atoms with Gasteiger partial charge in [-0.1, -0.05) is 42.5 Å². The van der Waals surface area contributed by atoms with E-state index < -0.39 is 6.10 Å². The quantitative estimate of drug-likeness (QED) is 0.785. The Morgan fingerprint density at radius 1 is 0.955 bits per heavy atom. The van der Waals surface area contributed by atoms with Crippen molar-refractivity contribution in [3.63, 3.8) is 0 Å². The molecule has 0 aromatic heterocycles. The molecule has 2 aromatic rings. The van der Waals surface area contributed by atoms with Crippen LogP contribution in [-0.2, 0) is 6.54 Å². The summed E-state index contributed by atoms with van der Waals surface area (Å²) in [6, 6.07) is 18.6. The number of aliphatic hydroxyl groups is 1. The Kier molecular flexibility index (Phi) is 6.44. The van der Waals surface area contributed by atoms with Gasteiger partial charge in [0.1, 0.15) is 19.2 Å². The Bertz CT molecular complexity index is 535. The molecule has 3 nitrogen and oxygen atoms in total. The maximum Gasteiger partial charge on any atom is 0.128 e. The van der Waals surface area contributed by atoms with Crippen molar-refractivity contribution >= 4 is 5.69 Å². The fourth-order valence-electron chi connectivity index (χ4n) is 2.65. The molecule has 0 amide bonds. The van der Waals surface area contributed by atoms with Crippen molar-refractivity contribution in [2.45, 2.75) is 26.5 Å². The standard InChI is InChI=1S/C19H26N2O/c1-3-21(4-2)18-12-10-16(11-13-18)14-20-15-19(22)17-8-6-5-7-9-17/h5-13,19-20,22H,3-4,14-15H2,1-2H3/p+1/t19-/m0/s1. The van der Waals surface area contributed by atoms with E-state index in [0.717, 1.165) is 25.2 Å². The molecule has 3 heteroatoms. The molecule has 0 spiro atoms. The van der Waals surface area contributed by atoms with Gasteiger partial charge in [0, 0.05) is 24.3 Å². The second-order valence-electron chi connectivity index (χ2n) is 5.49. The van der Waals surface area contributed by atoms with Crippen LogP contribution in [0, 0.1) is 0 Å². The van der Waals surface area contributed by atoms with Crippen molar-refractivity contribution in [3.8, 4) is 0 Å². The predicted molar refractivity (Wildman–Crippen MR) is 91.9 cm³/mol. The average molecular weight is 299 g/mol. The summed E-state index contributed by atoms with van der Waals surface area (Å²) in [4.78, 5) is 2.34. The molecule has 0 saturated heterocycles. The fraction of sp³-hybridized carbons (Fsp3) is 0.368. The van der Waals surface area contributed by atoms with Crippen LogP contribution in [0.1, 0.15) is 31.1 Å². The van der Waals surface area contributed by atoms with Crippen LogP contribution in [0.15, 0.2) is 54.6 Å². The first-order valence-corrected chi connectivity index (χ1v) is 8.13. The Labute approximate surface area is 133 Å². The normalized spacial score (nSPS) is 12.1. The third kappa shape index (κ3) is 4.58. The molecule has 0 unspecified atom stereocenters. The van der Waals surface area contributed by atoms with Gasteiger partial charge in [-0.3, -0.25) is 0 Å². The van der Waals surface area contributed by atoms with Crippen molar-refractivity contribution in [2.24, 2.45) is 0 Å². The fourth-order valence-corrected chi connectivity index (χ4v) is 2.65. The molecule has 0 aliphatic rings. The molecule has 2 aromatic carbocycles. The van der Waals surface area contributed by atoms with Gasteiger partial charge in [-0.25, -0.2) is 0 Å². The number of nitrogens with two attached hydrogens (primary N) is 1. The largest absolute Gasteiger partial charge is 0.382 e. The highest BCUT2D eigenvalue weighted by Gasteiger charge is 2.09. The van der Waals surface area contributed by atoms with E-state index in [1.165, 1.54) is 11.3 Å². The zero-order valence-corrected chi connectivity index (χ0v) is 13.6. The lowest BCUT2D eigenvalue weighted by atomic mass is 10.1. The minimum atomic E-state index is -0.406. The topological polar surface area (TPSA) is 40.1 Å². The molecule has 0 radical (unpaired) electrons. The van der Waals surface area contributed by atoms with Gasteiger partial charge in [0.05, 0.1) is 0 Å². The molecule has 0 saturated carbocycles. The van der Waals surface area contributed by atoms with Gasteiger partial charge in [-0.15, -0.1) is 0 Å². The van der Waals surface area contributed by atoms with E-state index >= 15 is 0 Å². The van der Waals surface area contributed by atoms with Gasteiger partial charge in [-0.2, -0.15) is 0 Å². The van der Waals surface area contributed by atoms with Crippen molar-refractivity contribution in [3.05, 3.63) is 65.7 Å². The number of nitrogens with zero attached hydrogens (tertiary/aromatic N) is 1. The summed E-state index contributed by atoms with van der Waals surface area (Å²) in [5.74, 6) is 0. The van der Waals surface area contributed by atoms with Crippen molar-refractivity contribution in [1.82, 2.24) is 0 Å². The SMILES string of the molecule is CCN(CC)c1ccc(C[NH2+]C[C@H](O)c2ccccc2)cc1. The summed E-state index contributed by atoms with van der Waals surface area (Å²) < 4.78 is 0. The molecule has 1 atom stereocenters. The van der Waals surface area contributed by atoms with E-state index in [0.29, 0.717) is 6.54 Å². The van der Waals surface area contributed by atoms with Gasteiger partial charge < -0.3 is 15.3 Å². The maximum atomic E-state index is 10.1. The van der Waals surface area contributed by atoms with Crippen LogP contribution in [0.4, 0.5) is 5.69 Å². The number of anilines is 1. The van der Waals surface area contributed by atoms with Crippen LogP contribution in [0.25, 0.3) is 0 Å². The highest BCUT2D eigenvalue weighted by Crippen LogP contribution is 2.14. The predicted octanol–water partition coefficient (Wildman–Crippen LogP) is 2.33. The average Bonchev–Trinajstić information content (AvgIpc) is 2.58. The molecule has 3 N–H and O–H groups in total. The highest BCUT2D eigenvalue weighted by atomic mass is 16.3. The van der Waals surface area contributed by atoms with E-state index in [9.17, 15) is 5.11 Å². The van der Waals surface area contributed by atoms with Gasteiger partial charge in [0.25, 0.3) is 0 Å². The lowest BCUT2D eigenvalue weighted by molar-refractivity contribution is -0.677. The molecule has 0 fully saturated rings. The van der Waals surface area contributed by atoms with Crippen LogP contribution in [0.5, 0.6) is 0 Å². The zero-order chi connectivity index (χ0) is 15.8. The summed E-state index contributed by atoms with van der Waals surface area (Å²) in [6.45, 7) is 7.99. The van der Waals surface area contributed by atoms with Crippen LogP contribution in [0.3, 0.4) is 0 Å². The number of aliphatic hydroxyl groups excluding tert-OH is 1. The monoisotopic (exact) mass is 299 g/mol. The lowest BCUT2D eigenvalue weighted by Crippen LogP contribution is -2.83. The van der Waals surface area contributed by atoms with Crippen LogP contribution in [-0.4, -0.2) is 24.7 Å². The molecule has 0 aliphatic heterocycles. The van der Waals surface area contributed by atoms with E-state index in [2.05, 4.69) is 48.3 Å². The lowest BCUT2D eigenvalue weighted by Gasteiger charge is -2.21. The summed E-state index contributed by atoms with van der Waals surface area (Å²) in [5, 5.41) is 12.3. The van der Waals surface area contributed by atoms with E-state index in [1.54, 1.807) is 0 Å². The van der Waals surface area contributed by atoms with Crippen molar-refractivity contribution in [2.75, 3.05) is 24.5 Å². The number of rotatable bonds is 8. The summed E-state index contributed by atoms with van der Waals surface area (Å²) in [7, 11) is 0. The number of benzene rings is 2. The van der Waals surface area contributed by atoms with Crippen LogP contribution >= 0.6 is 0 Å². The first kappa shape index (κ1) is 16.5. The first-order chi connectivity index (χ1) is 10.7. The zero-order valence-electron chi connectivity index (χ0n) is 13.6. The third-order valence-electron chi connectivity index (χ3n) is 4.02. The van der Waals surface area contributed by atoms with E-state index in [4.69, 9.17) is 0 Å². The Morgan fingerprint density at radius 3 is 2.18 bits per heavy atom. The first-order valence-electron chi connectivity index (χ1n) is 8.13. The molecule has 118 valence electrons. The summed E-state index contributed by atoms with van der Waals surface area (Å²) in [6.07, 6.45) is -0.406. The third-order valence-corrected chi connectivity index (χ3v) is 4.02. The molecular formula is C19H27N2O+. The maximum absolute atomic E-state index is 10.1. The van der Waals surface area contributed by atoms with Crippen LogP contribution < -0.4 is 10.2 Å². The van der Waals surface area contributed by atoms with Gasteiger partial charge >= 0.3 is 0 Å². The smallest absolute Gasteiger partial charge is 0.128 e. The van der Waals surface area contributed by atoms with E-state index in [1.807, 2.05) is 30.3 Å². The minimum Gasteiger partial charge on any atom is -0.382 e. The molecule has 2 rings (SSSR count). The van der Waals surface area contributed by atoms with Crippen molar-refractivity contribution in [1.29, 1.82) is 0 Å². The molecule has 0 aliphatic carbocycles. The van der Waals surface area contributed by atoms with Gasteiger partial charge in [-0.05, 0) is 31.5 Å². The molecular weight excluding hydrogens is 272 g/mol. The van der Waals surface area contributed by atoms with Gasteiger partial charge in [0.2, 0.25) is 0 Å². The second kappa shape index (κ2) is 8.57. The Balaban J connectivity index is 1.82. The second-order valence-corrected chi connectivity index (χ2v) is 5.49. The number of hydrogen-bond donors (Lipinski definition) is 2. The minimum absolute atomic E-state index is 0.406. The highest BCUT2D eigenvalue weighted by molar-refractivity contribution is 5.47. The summed E-state index contributed by atoms with van der Waals surface area (Å²) >= 11 is 0. The summed E-state index contributed by atoms with van der Waals surface area (Å²) in [5.41, 5.74) is 3.55. The van der Waals surface area contributed by atoms with E-state index in [-0.39, 0.29) is 0 Å². The number of quaternary nitrogens is 1. The Hall–Kier alpha value is -1.84. The molecule has 22 heavy (non-hydrogen) atoms. The Morgan fingerprint density at radius 2 is 1.59 bits per heavy atom. The number of hydrogen-bond acceptors (Lipinski definition) is 2. The molecule has 0 bridgehead atoms. The van der Waals surface area contributed by atoms with Crippen LogP contribution in [0.2, 0.25) is 0 Å².